The standard InChI is InChI=1S/C16H21N3O2/c20-8-1-9-21-13-2-3-14-15(10-13)18-11-19-16(14)12-4-6-17-7-5-12/h2-3,10-12,17,20H,1,4-9H2. The quantitative estimate of drug-likeness (QED) is 0.822. The zero-order valence-corrected chi connectivity index (χ0v) is 12.1. The van der Waals surface area contributed by atoms with E-state index >= 15 is 0 Å². The van der Waals surface area contributed by atoms with Crippen LogP contribution in [-0.4, -0.2) is 41.4 Å². The molecule has 1 saturated heterocycles. The van der Waals surface area contributed by atoms with Crippen LogP contribution in [0.25, 0.3) is 10.9 Å². The Bertz CT molecular complexity index is 597. The van der Waals surface area contributed by atoms with Crippen molar-refractivity contribution < 1.29 is 9.84 Å². The molecule has 0 aliphatic carbocycles. The number of aliphatic hydroxyl groups excluding tert-OH is 1. The molecule has 3 rings (SSSR count). The van der Waals surface area contributed by atoms with Gasteiger partial charge in [-0.2, -0.15) is 0 Å². The van der Waals surface area contributed by atoms with Gasteiger partial charge in [0.25, 0.3) is 0 Å². The van der Waals surface area contributed by atoms with E-state index in [1.807, 2.05) is 12.1 Å². The molecule has 1 aliphatic heterocycles. The van der Waals surface area contributed by atoms with Crippen molar-refractivity contribution in [3.63, 3.8) is 0 Å². The molecule has 21 heavy (non-hydrogen) atoms. The highest BCUT2D eigenvalue weighted by molar-refractivity contribution is 5.82. The number of aliphatic hydroxyl groups is 1. The van der Waals surface area contributed by atoms with Crippen molar-refractivity contribution in [2.75, 3.05) is 26.3 Å². The SMILES string of the molecule is OCCCOc1ccc2c(C3CCNCC3)ncnc2c1. The van der Waals surface area contributed by atoms with Gasteiger partial charge in [0.2, 0.25) is 0 Å². The van der Waals surface area contributed by atoms with Gasteiger partial charge in [-0.05, 0) is 38.1 Å². The zero-order valence-electron chi connectivity index (χ0n) is 12.1. The number of aromatic nitrogens is 2. The first kappa shape index (κ1) is 14.2. The van der Waals surface area contributed by atoms with E-state index in [0.29, 0.717) is 18.9 Å². The molecule has 1 aromatic heterocycles. The molecule has 0 saturated carbocycles. The van der Waals surface area contributed by atoms with Crippen LogP contribution < -0.4 is 10.1 Å². The van der Waals surface area contributed by atoms with E-state index < -0.39 is 0 Å². The van der Waals surface area contributed by atoms with Gasteiger partial charge in [0.05, 0.1) is 17.8 Å². The van der Waals surface area contributed by atoms with E-state index in [-0.39, 0.29) is 6.61 Å². The summed E-state index contributed by atoms with van der Waals surface area (Å²) in [5.41, 5.74) is 2.09. The summed E-state index contributed by atoms with van der Waals surface area (Å²) in [7, 11) is 0. The molecule has 2 N–H and O–H groups in total. The number of piperidine rings is 1. The molecule has 0 amide bonds. The van der Waals surface area contributed by atoms with E-state index in [9.17, 15) is 0 Å². The van der Waals surface area contributed by atoms with Crippen molar-refractivity contribution >= 4 is 10.9 Å². The van der Waals surface area contributed by atoms with Crippen LogP contribution in [0.4, 0.5) is 0 Å². The van der Waals surface area contributed by atoms with Gasteiger partial charge in [0, 0.05) is 30.4 Å². The Morgan fingerprint density at radius 1 is 1.24 bits per heavy atom. The van der Waals surface area contributed by atoms with Gasteiger partial charge in [0.15, 0.2) is 0 Å². The Morgan fingerprint density at radius 3 is 2.90 bits per heavy atom. The highest BCUT2D eigenvalue weighted by atomic mass is 16.5. The summed E-state index contributed by atoms with van der Waals surface area (Å²) in [6.07, 6.45) is 4.54. The van der Waals surface area contributed by atoms with Crippen LogP contribution in [0, 0.1) is 0 Å². The lowest BCUT2D eigenvalue weighted by molar-refractivity contribution is 0.233. The third-order valence-electron chi connectivity index (χ3n) is 3.94. The maximum absolute atomic E-state index is 8.79. The third-order valence-corrected chi connectivity index (χ3v) is 3.94. The number of ether oxygens (including phenoxy) is 1. The lowest BCUT2D eigenvalue weighted by Crippen LogP contribution is -2.27. The molecule has 2 aromatic rings. The second-order valence-corrected chi connectivity index (χ2v) is 5.39. The maximum Gasteiger partial charge on any atom is 0.121 e. The zero-order chi connectivity index (χ0) is 14.5. The first-order chi connectivity index (χ1) is 10.4. The average Bonchev–Trinajstić information content (AvgIpc) is 2.55. The number of hydrogen-bond acceptors (Lipinski definition) is 5. The molecular formula is C16H21N3O2. The number of hydrogen-bond donors (Lipinski definition) is 2. The minimum Gasteiger partial charge on any atom is -0.493 e. The lowest BCUT2D eigenvalue weighted by Gasteiger charge is -2.23. The van der Waals surface area contributed by atoms with E-state index in [0.717, 1.165) is 48.3 Å². The first-order valence-corrected chi connectivity index (χ1v) is 7.57. The summed E-state index contributed by atoms with van der Waals surface area (Å²) in [5.74, 6) is 1.31. The third kappa shape index (κ3) is 3.31. The molecule has 0 atom stereocenters. The molecule has 0 radical (unpaired) electrons. The summed E-state index contributed by atoms with van der Waals surface area (Å²) in [6.45, 7) is 2.78. The molecule has 0 bridgehead atoms. The predicted octanol–water partition coefficient (Wildman–Crippen LogP) is 1.86. The van der Waals surface area contributed by atoms with Crippen LogP contribution >= 0.6 is 0 Å². The number of nitrogens with zero attached hydrogens (tertiary/aromatic N) is 2. The number of fused-ring (bicyclic) bond motifs is 1. The smallest absolute Gasteiger partial charge is 0.121 e. The van der Waals surface area contributed by atoms with Crippen molar-refractivity contribution in [2.45, 2.75) is 25.2 Å². The fourth-order valence-electron chi connectivity index (χ4n) is 2.82. The monoisotopic (exact) mass is 287 g/mol. The van der Waals surface area contributed by atoms with Gasteiger partial charge in [0.1, 0.15) is 12.1 Å². The molecule has 2 heterocycles. The second kappa shape index (κ2) is 6.83. The van der Waals surface area contributed by atoms with E-state index in [1.165, 1.54) is 0 Å². The van der Waals surface area contributed by atoms with Gasteiger partial charge in [-0.15, -0.1) is 0 Å². The predicted molar refractivity (Wildman–Crippen MR) is 81.6 cm³/mol. The summed E-state index contributed by atoms with van der Waals surface area (Å²) < 4.78 is 5.61. The topological polar surface area (TPSA) is 67.3 Å². The highest BCUT2D eigenvalue weighted by Crippen LogP contribution is 2.30. The van der Waals surface area contributed by atoms with Gasteiger partial charge >= 0.3 is 0 Å². The fourth-order valence-corrected chi connectivity index (χ4v) is 2.82. The summed E-state index contributed by atoms with van der Waals surface area (Å²) in [6, 6.07) is 5.98. The van der Waals surface area contributed by atoms with Crippen LogP contribution in [0.3, 0.4) is 0 Å². The Morgan fingerprint density at radius 2 is 2.10 bits per heavy atom. The van der Waals surface area contributed by atoms with Crippen molar-refractivity contribution in [3.8, 4) is 5.75 Å². The highest BCUT2D eigenvalue weighted by Gasteiger charge is 2.19. The van der Waals surface area contributed by atoms with Crippen molar-refractivity contribution in [1.29, 1.82) is 0 Å². The molecule has 1 aromatic carbocycles. The van der Waals surface area contributed by atoms with E-state index in [4.69, 9.17) is 9.84 Å². The summed E-state index contributed by atoms with van der Waals surface area (Å²) in [4.78, 5) is 8.89. The molecule has 5 nitrogen and oxygen atoms in total. The Hall–Kier alpha value is -1.72. The van der Waals surface area contributed by atoms with Crippen LogP contribution in [0.15, 0.2) is 24.5 Å². The Labute approximate surface area is 124 Å². The van der Waals surface area contributed by atoms with E-state index in [2.05, 4.69) is 21.4 Å². The van der Waals surface area contributed by atoms with Crippen LogP contribution in [0.5, 0.6) is 5.75 Å². The largest absolute Gasteiger partial charge is 0.493 e. The second-order valence-electron chi connectivity index (χ2n) is 5.39. The summed E-state index contributed by atoms with van der Waals surface area (Å²) >= 11 is 0. The van der Waals surface area contributed by atoms with Crippen molar-refractivity contribution in [2.24, 2.45) is 0 Å². The maximum atomic E-state index is 8.79. The Kier molecular flexibility index (Phi) is 4.62. The molecule has 1 aliphatic rings. The average molecular weight is 287 g/mol. The molecule has 1 fully saturated rings. The Balaban J connectivity index is 1.85. The molecular weight excluding hydrogens is 266 g/mol. The number of benzene rings is 1. The van der Waals surface area contributed by atoms with Crippen molar-refractivity contribution in [3.05, 3.63) is 30.2 Å². The fraction of sp³-hybridized carbons (Fsp3) is 0.500. The normalized spacial score (nSPS) is 16.2. The first-order valence-electron chi connectivity index (χ1n) is 7.57. The molecule has 112 valence electrons. The van der Waals surface area contributed by atoms with Gasteiger partial charge in [-0.1, -0.05) is 0 Å². The van der Waals surface area contributed by atoms with Gasteiger partial charge < -0.3 is 15.2 Å². The van der Waals surface area contributed by atoms with Crippen LogP contribution in [-0.2, 0) is 0 Å². The van der Waals surface area contributed by atoms with Crippen LogP contribution in [0.1, 0.15) is 30.9 Å². The minimum absolute atomic E-state index is 0.148. The van der Waals surface area contributed by atoms with Crippen molar-refractivity contribution in [1.82, 2.24) is 15.3 Å². The number of nitrogens with one attached hydrogen (secondary N) is 1. The lowest BCUT2D eigenvalue weighted by atomic mass is 9.92. The minimum atomic E-state index is 0.148. The molecule has 0 spiro atoms. The van der Waals surface area contributed by atoms with E-state index in [1.54, 1.807) is 6.33 Å². The molecule has 0 unspecified atom stereocenters. The van der Waals surface area contributed by atoms with Gasteiger partial charge in [-0.3, -0.25) is 0 Å². The van der Waals surface area contributed by atoms with Gasteiger partial charge in [-0.25, -0.2) is 9.97 Å². The van der Waals surface area contributed by atoms with Crippen LogP contribution in [0.2, 0.25) is 0 Å². The molecule has 5 heteroatoms. The number of rotatable bonds is 5. The summed E-state index contributed by atoms with van der Waals surface area (Å²) in [5, 5.41) is 13.3.